The van der Waals surface area contributed by atoms with Crippen LogP contribution in [0.4, 0.5) is 0 Å². The summed E-state index contributed by atoms with van der Waals surface area (Å²) in [6, 6.07) is 11.0. The van der Waals surface area contributed by atoms with Crippen molar-refractivity contribution in [2.45, 2.75) is 18.6 Å². The predicted octanol–water partition coefficient (Wildman–Crippen LogP) is 4.67. The van der Waals surface area contributed by atoms with Gasteiger partial charge in [0.2, 0.25) is 0 Å². The van der Waals surface area contributed by atoms with E-state index in [0.29, 0.717) is 22.9 Å². The van der Waals surface area contributed by atoms with Crippen LogP contribution in [-0.2, 0) is 0 Å². The molecular weight excluding hydrogens is 356 g/mol. The smallest absolute Gasteiger partial charge is 0.128 e. The van der Waals surface area contributed by atoms with Gasteiger partial charge in [-0.1, -0.05) is 33.6 Å². The van der Waals surface area contributed by atoms with E-state index in [1.54, 1.807) is 7.11 Å². The number of aliphatic hydroxyl groups is 1. The molecule has 110 valence electrons. The second kappa shape index (κ2) is 5.87. The molecule has 0 bridgehead atoms. The maximum absolute atomic E-state index is 10.4. The fraction of sp³-hybridized carbons (Fsp3) is 0.250. The van der Waals surface area contributed by atoms with Gasteiger partial charge < -0.3 is 14.6 Å². The van der Waals surface area contributed by atoms with Crippen LogP contribution in [-0.4, -0.2) is 12.2 Å². The summed E-state index contributed by atoms with van der Waals surface area (Å²) in [5.41, 5.74) is 1.73. The molecule has 0 aromatic heterocycles. The maximum atomic E-state index is 10.4. The summed E-state index contributed by atoms with van der Waals surface area (Å²) in [6.07, 6.45) is -0.315. The summed E-state index contributed by atoms with van der Waals surface area (Å²) >= 11 is 9.46. The molecule has 1 aliphatic rings. The lowest BCUT2D eigenvalue weighted by atomic mass is 9.95. The Morgan fingerprint density at radius 3 is 2.76 bits per heavy atom. The number of fused-ring (bicyclic) bond motifs is 1. The van der Waals surface area contributed by atoms with Crippen molar-refractivity contribution >= 4 is 27.5 Å². The normalized spacial score (nSPS) is 20.6. The van der Waals surface area contributed by atoms with Crippen LogP contribution in [0.1, 0.15) is 29.8 Å². The number of aliphatic hydroxyl groups excluding tert-OH is 1. The molecule has 0 fully saturated rings. The molecule has 0 saturated heterocycles. The monoisotopic (exact) mass is 368 g/mol. The largest absolute Gasteiger partial charge is 0.497 e. The van der Waals surface area contributed by atoms with Crippen LogP contribution >= 0.6 is 27.5 Å². The second-order valence-electron chi connectivity index (χ2n) is 4.93. The minimum atomic E-state index is -0.587. The molecule has 2 aromatic rings. The minimum Gasteiger partial charge on any atom is -0.497 e. The van der Waals surface area contributed by atoms with E-state index in [0.717, 1.165) is 15.6 Å². The molecule has 1 unspecified atom stereocenters. The topological polar surface area (TPSA) is 38.7 Å². The lowest BCUT2D eigenvalue weighted by molar-refractivity contribution is 0.0651. The van der Waals surface area contributed by atoms with Gasteiger partial charge in [0.05, 0.1) is 13.2 Å². The second-order valence-corrected chi connectivity index (χ2v) is 6.22. The Morgan fingerprint density at radius 1 is 1.24 bits per heavy atom. The lowest BCUT2D eigenvalue weighted by Crippen LogP contribution is -2.19. The molecule has 3 nitrogen and oxygen atoms in total. The van der Waals surface area contributed by atoms with E-state index in [-0.39, 0.29) is 6.10 Å². The van der Waals surface area contributed by atoms with Crippen LogP contribution in [0.3, 0.4) is 0 Å². The van der Waals surface area contributed by atoms with E-state index < -0.39 is 6.10 Å². The van der Waals surface area contributed by atoms with E-state index in [1.807, 2.05) is 36.4 Å². The van der Waals surface area contributed by atoms with Gasteiger partial charge in [-0.2, -0.15) is 0 Å². The molecular formula is C16H14BrClO3. The molecule has 0 saturated carbocycles. The molecule has 1 N–H and O–H groups in total. The number of halogens is 2. The van der Waals surface area contributed by atoms with Crippen LogP contribution in [0, 0.1) is 0 Å². The van der Waals surface area contributed by atoms with Gasteiger partial charge in [0.1, 0.15) is 17.6 Å². The van der Waals surface area contributed by atoms with Gasteiger partial charge in [-0.05, 0) is 30.3 Å². The summed E-state index contributed by atoms with van der Waals surface area (Å²) in [5, 5.41) is 11.0. The van der Waals surface area contributed by atoms with Crippen molar-refractivity contribution in [3.8, 4) is 11.5 Å². The quantitative estimate of drug-likeness (QED) is 0.836. The number of ether oxygens (including phenoxy) is 2. The van der Waals surface area contributed by atoms with Gasteiger partial charge in [-0.25, -0.2) is 0 Å². The Balaban J connectivity index is 1.94. The van der Waals surface area contributed by atoms with E-state index in [4.69, 9.17) is 21.1 Å². The first-order valence-corrected chi connectivity index (χ1v) is 7.73. The average molecular weight is 370 g/mol. The number of benzene rings is 2. The van der Waals surface area contributed by atoms with Gasteiger partial charge in [0.25, 0.3) is 0 Å². The van der Waals surface area contributed by atoms with Crippen LogP contribution in [0.2, 0.25) is 5.02 Å². The highest BCUT2D eigenvalue weighted by atomic mass is 79.9. The Bertz CT molecular complexity index is 675. The van der Waals surface area contributed by atoms with Gasteiger partial charge in [-0.3, -0.25) is 0 Å². The first kappa shape index (κ1) is 14.7. The van der Waals surface area contributed by atoms with Crippen LogP contribution in [0.5, 0.6) is 11.5 Å². The Morgan fingerprint density at radius 2 is 2.05 bits per heavy atom. The van der Waals surface area contributed by atoms with Crippen molar-refractivity contribution in [3.05, 3.63) is 57.0 Å². The predicted molar refractivity (Wildman–Crippen MR) is 85.1 cm³/mol. The summed E-state index contributed by atoms with van der Waals surface area (Å²) in [7, 11) is 1.60. The lowest BCUT2D eigenvalue weighted by Gasteiger charge is -2.30. The summed E-state index contributed by atoms with van der Waals surface area (Å²) < 4.78 is 12.1. The molecule has 21 heavy (non-hydrogen) atoms. The van der Waals surface area contributed by atoms with E-state index in [1.165, 1.54) is 0 Å². The summed E-state index contributed by atoms with van der Waals surface area (Å²) in [4.78, 5) is 0. The van der Waals surface area contributed by atoms with Crippen LogP contribution < -0.4 is 9.47 Å². The Kier molecular flexibility index (Phi) is 4.11. The zero-order valence-electron chi connectivity index (χ0n) is 11.3. The highest BCUT2D eigenvalue weighted by Gasteiger charge is 2.29. The highest BCUT2D eigenvalue weighted by Crippen LogP contribution is 2.43. The summed E-state index contributed by atoms with van der Waals surface area (Å²) in [6.45, 7) is 0. The van der Waals surface area contributed by atoms with Crippen molar-refractivity contribution in [3.63, 3.8) is 0 Å². The third-order valence-corrected chi connectivity index (χ3v) is 4.51. The maximum Gasteiger partial charge on any atom is 0.128 e. The first-order valence-electron chi connectivity index (χ1n) is 6.56. The van der Waals surface area contributed by atoms with Crippen molar-refractivity contribution in [1.82, 2.24) is 0 Å². The highest BCUT2D eigenvalue weighted by molar-refractivity contribution is 9.10. The number of methoxy groups -OCH3 is 1. The SMILES string of the molecule is COc1ccc2c(c1)[C@H](O)CC(c1ccc(Cl)cc1Br)O2. The van der Waals surface area contributed by atoms with Gasteiger partial charge in [-0.15, -0.1) is 0 Å². The molecule has 3 rings (SSSR count). The van der Waals surface area contributed by atoms with Crippen LogP contribution in [0.25, 0.3) is 0 Å². The standard InChI is InChI=1S/C16H14BrClO3/c1-20-10-3-5-15-12(7-10)14(19)8-16(21-15)11-4-2-9(18)6-13(11)17/h2-7,14,16,19H,8H2,1H3/t14-,16?/m1/s1. The molecule has 0 radical (unpaired) electrons. The van der Waals surface area contributed by atoms with Crippen molar-refractivity contribution in [1.29, 1.82) is 0 Å². The molecule has 0 spiro atoms. The molecule has 0 amide bonds. The number of rotatable bonds is 2. The first-order chi connectivity index (χ1) is 10.1. The Labute approximate surface area is 136 Å². The molecule has 2 aromatic carbocycles. The van der Waals surface area contributed by atoms with Gasteiger partial charge in [0, 0.05) is 27.0 Å². The Hall–Kier alpha value is -1.23. The fourth-order valence-corrected chi connectivity index (χ4v) is 3.44. The van der Waals surface area contributed by atoms with Crippen LogP contribution in [0.15, 0.2) is 40.9 Å². The van der Waals surface area contributed by atoms with Crippen molar-refractivity contribution in [2.24, 2.45) is 0 Å². The van der Waals surface area contributed by atoms with E-state index in [9.17, 15) is 5.11 Å². The third kappa shape index (κ3) is 2.89. The molecule has 5 heteroatoms. The minimum absolute atomic E-state index is 0.215. The fourth-order valence-electron chi connectivity index (χ4n) is 2.51. The molecule has 1 aliphatic heterocycles. The zero-order valence-corrected chi connectivity index (χ0v) is 13.7. The number of hydrogen-bond donors (Lipinski definition) is 1. The van der Waals surface area contributed by atoms with Gasteiger partial charge >= 0.3 is 0 Å². The number of hydrogen-bond acceptors (Lipinski definition) is 3. The van der Waals surface area contributed by atoms with Gasteiger partial charge in [0.15, 0.2) is 0 Å². The van der Waals surface area contributed by atoms with E-state index in [2.05, 4.69) is 15.9 Å². The molecule has 1 heterocycles. The van der Waals surface area contributed by atoms with Crippen molar-refractivity contribution < 1.29 is 14.6 Å². The van der Waals surface area contributed by atoms with Crippen molar-refractivity contribution in [2.75, 3.05) is 7.11 Å². The molecule has 2 atom stereocenters. The molecule has 0 aliphatic carbocycles. The van der Waals surface area contributed by atoms with E-state index >= 15 is 0 Å². The zero-order chi connectivity index (χ0) is 15.0. The third-order valence-electron chi connectivity index (χ3n) is 3.59. The summed E-state index contributed by atoms with van der Waals surface area (Å²) in [5.74, 6) is 1.39. The average Bonchev–Trinajstić information content (AvgIpc) is 2.47.